The molecule has 0 aliphatic heterocycles. The molecule has 0 saturated heterocycles. The first kappa shape index (κ1) is 14.1. The summed E-state index contributed by atoms with van der Waals surface area (Å²) in [5, 5.41) is 30.7. The first-order valence-corrected chi connectivity index (χ1v) is 5.66. The van der Waals surface area contributed by atoms with Gasteiger partial charge in [0.2, 0.25) is 0 Å². The largest absolute Gasteiger partial charge is 0.502 e. The van der Waals surface area contributed by atoms with E-state index in [0.29, 0.717) is 0 Å². The fourth-order valence-electron chi connectivity index (χ4n) is 1.74. The Morgan fingerprint density at radius 2 is 1.62 bits per heavy atom. The van der Waals surface area contributed by atoms with E-state index in [4.69, 9.17) is 0 Å². The molecular weight excluding hydrogens is 280 g/mol. The second-order valence-electron chi connectivity index (χ2n) is 4.10. The van der Waals surface area contributed by atoms with Crippen molar-refractivity contribution < 1.29 is 19.7 Å². The molecule has 0 amide bonds. The summed E-state index contributed by atoms with van der Waals surface area (Å²) in [5.41, 5.74) is -0.871. The van der Waals surface area contributed by atoms with Crippen LogP contribution in [0.2, 0.25) is 0 Å². The van der Waals surface area contributed by atoms with E-state index in [1.54, 1.807) is 0 Å². The molecule has 0 heterocycles. The minimum absolute atomic E-state index is 0.0317. The quantitative estimate of drug-likeness (QED) is 0.523. The summed E-state index contributed by atoms with van der Waals surface area (Å²) in [4.78, 5) is 32.1. The number of non-ortho nitro benzene ring substituents is 1. The Morgan fingerprint density at radius 1 is 0.952 bits per heavy atom. The van der Waals surface area contributed by atoms with Crippen molar-refractivity contribution in [1.82, 2.24) is 0 Å². The van der Waals surface area contributed by atoms with Gasteiger partial charge in [-0.2, -0.15) is 0 Å². The minimum Gasteiger partial charge on any atom is -0.502 e. The number of nitro benzene ring substituents is 2. The predicted molar refractivity (Wildman–Crippen MR) is 71.3 cm³/mol. The number of carbonyl (C=O) groups excluding carboxylic acids is 1. The molecule has 0 unspecified atom stereocenters. The third kappa shape index (κ3) is 2.84. The maximum absolute atomic E-state index is 12.2. The van der Waals surface area contributed by atoms with Gasteiger partial charge in [0.05, 0.1) is 9.85 Å². The smallest absolute Gasteiger partial charge is 0.311 e. The third-order valence-electron chi connectivity index (χ3n) is 2.75. The van der Waals surface area contributed by atoms with Gasteiger partial charge in [-0.3, -0.25) is 25.0 Å². The lowest BCUT2D eigenvalue weighted by atomic mass is 10.0. The van der Waals surface area contributed by atoms with Gasteiger partial charge in [0, 0.05) is 29.3 Å². The summed E-state index contributed by atoms with van der Waals surface area (Å²) in [6.07, 6.45) is 0. The lowest BCUT2D eigenvalue weighted by molar-refractivity contribution is -0.385. The van der Waals surface area contributed by atoms with E-state index in [-0.39, 0.29) is 16.8 Å². The normalized spacial score (nSPS) is 10.1. The second kappa shape index (κ2) is 5.37. The van der Waals surface area contributed by atoms with Crippen LogP contribution in [0.5, 0.6) is 5.75 Å². The highest BCUT2D eigenvalue weighted by molar-refractivity contribution is 6.09. The molecule has 2 aromatic carbocycles. The Balaban J connectivity index is 2.45. The highest BCUT2D eigenvalue weighted by Crippen LogP contribution is 2.27. The molecule has 1 N–H and O–H groups in total. The van der Waals surface area contributed by atoms with Gasteiger partial charge in [0.15, 0.2) is 11.5 Å². The van der Waals surface area contributed by atoms with Crippen LogP contribution in [-0.2, 0) is 0 Å². The number of ketones is 1. The van der Waals surface area contributed by atoms with Gasteiger partial charge in [0.1, 0.15) is 0 Å². The molecule has 106 valence electrons. The lowest BCUT2D eigenvalue weighted by Gasteiger charge is -2.02. The maximum Gasteiger partial charge on any atom is 0.311 e. The molecule has 0 aliphatic carbocycles. The van der Waals surface area contributed by atoms with E-state index in [1.165, 1.54) is 24.3 Å². The number of nitro groups is 2. The van der Waals surface area contributed by atoms with Crippen LogP contribution in [-0.4, -0.2) is 20.7 Å². The number of rotatable bonds is 4. The van der Waals surface area contributed by atoms with Crippen molar-refractivity contribution in [3.05, 3.63) is 73.8 Å². The van der Waals surface area contributed by atoms with Crippen LogP contribution in [0.4, 0.5) is 11.4 Å². The van der Waals surface area contributed by atoms with Crippen molar-refractivity contribution in [2.75, 3.05) is 0 Å². The summed E-state index contributed by atoms with van der Waals surface area (Å²) in [6, 6.07) is 8.20. The van der Waals surface area contributed by atoms with Crippen molar-refractivity contribution in [3.8, 4) is 5.75 Å². The van der Waals surface area contributed by atoms with Gasteiger partial charge < -0.3 is 5.11 Å². The predicted octanol–water partition coefficient (Wildman–Crippen LogP) is 2.44. The van der Waals surface area contributed by atoms with Gasteiger partial charge in [-0.05, 0) is 12.1 Å². The summed E-state index contributed by atoms with van der Waals surface area (Å²) in [7, 11) is 0. The van der Waals surface area contributed by atoms with Crippen LogP contribution in [0.15, 0.2) is 42.5 Å². The van der Waals surface area contributed by atoms with E-state index >= 15 is 0 Å². The molecule has 0 aliphatic rings. The van der Waals surface area contributed by atoms with E-state index < -0.39 is 27.1 Å². The number of carbonyl (C=O) groups is 1. The van der Waals surface area contributed by atoms with Gasteiger partial charge >= 0.3 is 5.69 Å². The highest BCUT2D eigenvalue weighted by Gasteiger charge is 2.19. The number of hydrogen-bond acceptors (Lipinski definition) is 6. The molecule has 0 fully saturated rings. The van der Waals surface area contributed by atoms with Crippen molar-refractivity contribution in [3.63, 3.8) is 0 Å². The Bertz CT molecular complexity index is 756. The van der Waals surface area contributed by atoms with Gasteiger partial charge in [-0.25, -0.2) is 0 Å². The molecule has 8 nitrogen and oxygen atoms in total. The van der Waals surface area contributed by atoms with Gasteiger partial charge in [-0.15, -0.1) is 0 Å². The van der Waals surface area contributed by atoms with Gasteiger partial charge in [-0.1, -0.05) is 12.1 Å². The van der Waals surface area contributed by atoms with Crippen LogP contribution in [0.25, 0.3) is 0 Å². The number of nitrogens with zero attached hydrogens (tertiary/aromatic N) is 2. The van der Waals surface area contributed by atoms with Gasteiger partial charge in [0.25, 0.3) is 5.69 Å². The second-order valence-corrected chi connectivity index (χ2v) is 4.10. The van der Waals surface area contributed by atoms with Crippen LogP contribution in [0, 0.1) is 20.2 Å². The zero-order chi connectivity index (χ0) is 15.6. The molecule has 0 spiro atoms. The first-order chi connectivity index (χ1) is 9.90. The Labute approximate surface area is 117 Å². The first-order valence-electron chi connectivity index (χ1n) is 5.66. The van der Waals surface area contributed by atoms with E-state index in [1.807, 2.05) is 0 Å². The molecule has 0 bridgehead atoms. The fourth-order valence-corrected chi connectivity index (χ4v) is 1.74. The number of aromatic hydroxyl groups is 1. The third-order valence-corrected chi connectivity index (χ3v) is 2.75. The molecule has 2 rings (SSSR count). The zero-order valence-corrected chi connectivity index (χ0v) is 10.4. The summed E-state index contributed by atoms with van der Waals surface area (Å²) in [5.74, 6) is -1.17. The molecule has 8 heteroatoms. The zero-order valence-electron chi connectivity index (χ0n) is 10.4. The Hall–Kier alpha value is -3.29. The SMILES string of the molecule is O=C(c1cccc([N+](=O)[O-])c1)c1ccc(O)c([N+](=O)[O-])c1. The molecule has 21 heavy (non-hydrogen) atoms. The van der Waals surface area contributed by atoms with Crippen molar-refractivity contribution >= 4 is 17.2 Å². The Morgan fingerprint density at radius 3 is 2.24 bits per heavy atom. The number of phenols is 1. The summed E-state index contributed by atoms with van der Waals surface area (Å²) >= 11 is 0. The molecule has 0 radical (unpaired) electrons. The number of benzene rings is 2. The Kier molecular flexibility index (Phi) is 3.61. The molecule has 0 saturated carbocycles. The monoisotopic (exact) mass is 288 g/mol. The molecule has 0 aromatic heterocycles. The van der Waals surface area contributed by atoms with Crippen LogP contribution in [0.1, 0.15) is 15.9 Å². The molecule has 2 aromatic rings. The molecular formula is C13H8N2O6. The van der Waals surface area contributed by atoms with Crippen LogP contribution in [0.3, 0.4) is 0 Å². The fraction of sp³-hybridized carbons (Fsp3) is 0. The van der Waals surface area contributed by atoms with Crippen molar-refractivity contribution in [1.29, 1.82) is 0 Å². The summed E-state index contributed by atoms with van der Waals surface area (Å²) < 4.78 is 0. The van der Waals surface area contributed by atoms with E-state index in [0.717, 1.165) is 18.2 Å². The minimum atomic E-state index is -0.820. The van der Waals surface area contributed by atoms with Crippen LogP contribution >= 0.6 is 0 Å². The molecule has 0 atom stereocenters. The lowest BCUT2D eigenvalue weighted by Crippen LogP contribution is -2.03. The van der Waals surface area contributed by atoms with Crippen LogP contribution < -0.4 is 0 Å². The van der Waals surface area contributed by atoms with Crippen molar-refractivity contribution in [2.24, 2.45) is 0 Å². The van der Waals surface area contributed by atoms with E-state index in [2.05, 4.69) is 0 Å². The maximum atomic E-state index is 12.2. The van der Waals surface area contributed by atoms with Crippen molar-refractivity contribution in [2.45, 2.75) is 0 Å². The average Bonchev–Trinajstić information content (AvgIpc) is 2.46. The highest BCUT2D eigenvalue weighted by atomic mass is 16.6. The topological polar surface area (TPSA) is 124 Å². The average molecular weight is 288 g/mol. The summed E-state index contributed by atoms with van der Waals surface area (Å²) in [6.45, 7) is 0. The standard InChI is InChI=1S/C13H8N2O6/c16-12-5-4-9(7-11(12)15(20)21)13(17)8-2-1-3-10(6-8)14(18)19/h1-7,16H. The number of hydrogen-bond donors (Lipinski definition) is 1. The van der Waals surface area contributed by atoms with E-state index in [9.17, 15) is 30.1 Å². The number of phenolic OH excluding ortho intramolecular Hbond substituents is 1.